The standard InChI is InChI=1S/C20H14ClF3N2O5S/c1-32(29,30)12-5-6-15(21)13(10-12)18(27)26-16-7-4-11(9-14(16)20(22,23)24)25-19(28)17-3-2-8-31-17/h2-10H,1H3,(H,25,28)(H,26,27). The molecule has 0 saturated carbocycles. The van der Waals surface area contributed by atoms with Crippen molar-refractivity contribution >= 4 is 44.6 Å². The van der Waals surface area contributed by atoms with E-state index in [0.29, 0.717) is 6.07 Å². The van der Waals surface area contributed by atoms with E-state index in [2.05, 4.69) is 10.6 Å². The minimum absolute atomic E-state index is 0.101. The molecule has 0 radical (unpaired) electrons. The highest BCUT2D eigenvalue weighted by Crippen LogP contribution is 2.37. The topological polar surface area (TPSA) is 105 Å². The van der Waals surface area contributed by atoms with E-state index in [9.17, 15) is 31.2 Å². The van der Waals surface area contributed by atoms with Gasteiger partial charge in [0.2, 0.25) is 0 Å². The molecule has 7 nitrogen and oxygen atoms in total. The molecule has 0 saturated heterocycles. The average molecular weight is 487 g/mol. The van der Waals surface area contributed by atoms with Gasteiger partial charge in [0.15, 0.2) is 15.6 Å². The summed E-state index contributed by atoms with van der Waals surface area (Å²) in [5.41, 5.74) is -2.36. The van der Waals surface area contributed by atoms with Crippen molar-refractivity contribution in [3.8, 4) is 0 Å². The van der Waals surface area contributed by atoms with Gasteiger partial charge < -0.3 is 15.1 Å². The van der Waals surface area contributed by atoms with Crippen molar-refractivity contribution in [1.29, 1.82) is 0 Å². The van der Waals surface area contributed by atoms with E-state index in [4.69, 9.17) is 16.0 Å². The molecule has 0 bridgehead atoms. The van der Waals surface area contributed by atoms with E-state index >= 15 is 0 Å². The van der Waals surface area contributed by atoms with Crippen molar-refractivity contribution in [2.45, 2.75) is 11.1 Å². The van der Waals surface area contributed by atoms with Crippen molar-refractivity contribution in [2.75, 3.05) is 16.9 Å². The molecule has 0 spiro atoms. The first-order chi connectivity index (χ1) is 14.9. The summed E-state index contributed by atoms with van der Waals surface area (Å²) in [4.78, 5) is 24.4. The van der Waals surface area contributed by atoms with E-state index in [1.165, 1.54) is 24.5 Å². The zero-order chi connectivity index (χ0) is 23.7. The summed E-state index contributed by atoms with van der Waals surface area (Å²) < 4.78 is 69.1. The second kappa shape index (κ2) is 8.67. The Balaban J connectivity index is 1.92. The second-order valence-corrected chi connectivity index (χ2v) is 8.98. The minimum atomic E-state index is -4.88. The van der Waals surface area contributed by atoms with Crippen molar-refractivity contribution in [3.63, 3.8) is 0 Å². The fraction of sp³-hybridized carbons (Fsp3) is 0.100. The van der Waals surface area contributed by atoms with Crippen LogP contribution in [0.15, 0.2) is 64.1 Å². The molecule has 0 atom stereocenters. The Morgan fingerprint density at radius 1 is 1.00 bits per heavy atom. The summed E-state index contributed by atoms with van der Waals surface area (Å²) in [5, 5.41) is 4.21. The van der Waals surface area contributed by atoms with Crippen molar-refractivity contribution in [2.24, 2.45) is 0 Å². The summed E-state index contributed by atoms with van der Waals surface area (Å²) in [6.07, 6.45) is -2.74. The van der Waals surface area contributed by atoms with Gasteiger partial charge in [-0.2, -0.15) is 13.2 Å². The zero-order valence-corrected chi connectivity index (χ0v) is 17.7. The highest BCUT2D eigenvalue weighted by Gasteiger charge is 2.34. The van der Waals surface area contributed by atoms with E-state index in [1.54, 1.807) is 0 Å². The molecule has 12 heteroatoms. The van der Waals surface area contributed by atoms with Crippen LogP contribution in [0, 0.1) is 0 Å². The van der Waals surface area contributed by atoms with Gasteiger partial charge in [-0.15, -0.1) is 0 Å². The molecule has 32 heavy (non-hydrogen) atoms. The SMILES string of the molecule is CS(=O)(=O)c1ccc(Cl)c(C(=O)Nc2ccc(NC(=O)c3ccco3)cc2C(F)(F)F)c1. The number of hydrogen-bond acceptors (Lipinski definition) is 5. The van der Waals surface area contributed by atoms with Crippen molar-refractivity contribution in [1.82, 2.24) is 0 Å². The quantitative estimate of drug-likeness (QED) is 0.536. The number of rotatable bonds is 5. The Bertz CT molecular complexity index is 1290. The molecule has 2 amide bonds. The second-order valence-electron chi connectivity index (χ2n) is 6.56. The molecule has 0 aliphatic rings. The molecule has 1 aromatic heterocycles. The van der Waals surface area contributed by atoms with Gasteiger partial charge in [-0.3, -0.25) is 9.59 Å². The first-order valence-corrected chi connectivity index (χ1v) is 11.0. The number of carbonyl (C=O) groups is 2. The third-order valence-corrected chi connectivity index (χ3v) is 5.63. The third kappa shape index (κ3) is 5.29. The first kappa shape index (κ1) is 23.4. The van der Waals surface area contributed by atoms with E-state index in [0.717, 1.165) is 30.5 Å². The minimum Gasteiger partial charge on any atom is -0.459 e. The molecule has 2 aromatic carbocycles. The van der Waals surface area contributed by atoms with Gasteiger partial charge in [-0.05, 0) is 48.5 Å². The number of amides is 2. The van der Waals surface area contributed by atoms with Crippen LogP contribution in [0.4, 0.5) is 24.5 Å². The lowest BCUT2D eigenvalue weighted by atomic mass is 10.1. The van der Waals surface area contributed by atoms with Gasteiger partial charge in [-0.25, -0.2) is 8.42 Å². The van der Waals surface area contributed by atoms with Crippen molar-refractivity contribution in [3.05, 3.63) is 76.7 Å². The number of benzene rings is 2. The Morgan fingerprint density at radius 2 is 1.72 bits per heavy atom. The first-order valence-electron chi connectivity index (χ1n) is 8.73. The number of anilines is 2. The Labute approximate surface area is 185 Å². The van der Waals surface area contributed by atoms with Crippen LogP contribution in [0.1, 0.15) is 26.5 Å². The van der Waals surface area contributed by atoms with Gasteiger partial charge in [0.1, 0.15) is 0 Å². The lowest BCUT2D eigenvalue weighted by Gasteiger charge is -2.16. The van der Waals surface area contributed by atoms with Gasteiger partial charge in [-0.1, -0.05) is 11.6 Å². The fourth-order valence-electron chi connectivity index (χ4n) is 2.66. The van der Waals surface area contributed by atoms with E-state index < -0.39 is 39.1 Å². The molecule has 3 rings (SSSR count). The van der Waals surface area contributed by atoms with Gasteiger partial charge in [0, 0.05) is 11.9 Å². The maximum Gasteiger partial charge on any atom is 0.418 e. The van der Waals surface area contributed by atoms with Crippen LogP contribution in [0.2, 0.25) is 5.02 Å². The van der Waals surface area contributed by atoms with Crippen LogP contribution in [-0.2, 0) is 16.0 Å². The lowest BCUT2D eigenvalue weighted by molar-refractivity contribution is -0.136. The molecular weight excluding hydrogens is 473 g/mol. The largest absolute Gasteiger partial charge is 0.459 e. The lowest BCUT2D eigenvalue weighted by Crippen LogP contribution is -2.18. The fourth-order valence-corrected chi connectivity index (χ4v) is 3.52. The monoisotopic (exact) mass is 486 g/mol. The number of alkyl halides is 3. The summed E-state index contributed by atoms with van der Waals surface area (Å²) in [5.74, 6) is -1.90. The number of nitrogens with one attached hydrogen (secondary N) is 2. The van der Waals surface area contributed by atoms with Crippen LogP contribution >= 0.6 is 11.6 Å². The van der Waals surface area contributed by atoms with Gasteiger partial charge in [0.25, 0.3) is 11.8 Å². The Hall–Kier alpha value is -3.31. The molecule has 3 aromatic rings. The smallest absolute Gasteiger partial charge is 0.418 e. The molecule has 2 N–H and O–H groups in total. The van der Waals surface area contributed by atoms with Crippen LogP contribution < -0.4 is 10.6 Å². The number of sulfone groups is 1. The van der Waals surface area contributed by atoms with Crippen LogP contribution in [0.5, 0.6) is 0 Å². The average Bonchev–Trinajstić information content (AvgIpc) is 3.22. The molecule has 0 aliphatic heterocycles. The number of halogens is 4. The molecular formula is C20H14ClF3N2O5S. The number of hydrogen-bond donors (Lipinski definition) is 2. The van der Waals surface area contributed by atoms with Crippen LogP contribution in [0.25, 0.3) is 0 Å². The predicted molar refractivity (Wildman–Crippen MR) is 111 cm³/mol. The maximum absolute atomic E-state index is 13.6. The predicted octanol–water partition coefficient (Wildman–Crippen LogP) is 4.86. The highest BCUT2D eigenvalue weighted by molar-refractivity contribution is 7.90. The Kier molecular flexibility index (Phi) is 6.33. The summed E-state index contributed by atoms with van der Waals surface area (Å²) in [6.45, 7) is 0. The third-order valence-electron chi connectivity index (χ3n) is 4.19. The maximum atomic E-state index is 13.6. The Morgan fingerprint density at radius 3 is 2.31 bits per heavy atom. The zero-order valence-electron chi connectivity index (χ0n) is 16.2. The molecule has 0 unspecified atom stereocenters. The normalized spacial score (nSPS) is 11.8. The van der Waals surface area contributed by atoms with E-state index in [1.807, 2.05) is 0 Å². The van der Waals surface area contributed by atoms with Crippen LogP contribution in [0.3, 0.4) is 0 Å². The summed E-state index contributed by atoms with van der Waals surface area (Å²) >= 11 is 5.93. The molecule has 168 valence electrons. The highest BCUT2D eigenvalue weighted by atomic mass is 35.5. The van der Waals surface area contributed by atoms with E-state index in [-0.39, 0.29) is 26.9 Å². The van der Waals surface area contributed by atoms with Crippen LogP contribution in [-0.4, -0.2) is 26.5 Å². The van der Waals surface area contributed by atoms with Crippen molar-refractivity contribution < 1.29 is 35.6 Å². The summed E-state index contributed by atoms with van der Waals surface area (Å²) in [6, 6.07) is 8.83. The van der Waals surface area contributed by atoms with Gasteiger partial charge in [0.05, 0.1) is 33.0 Å². The summed E-state index contributed by atoms with van der Waals surface area (Å²) in [7, 11) is -3.68. The molecule has 0 aliphatic carbocycles. The molecule has 1 heterocycles. The number of furan rings is 1. The number of carbonyl (C=O) groups excluding carboxylic acids is 2. The van der Waals surface area contributed by atoms with Gasteiger partial charge >= 0.3 is 6.18 Å². The molecule has 0 fully saturated rings.